The Morgan fingerprint density at radius 1 is 1.23 bits per heavy atom. The number of carbonyl (C=O) groups excluding carboxylic acids is 1. The Bertz CT molecular complexity index is 710. The highest BCUT2D eigenvalue weighted by Gasteiger charge is 2.16. The summed E-state index contributed by atoms with van der Waals surface area (Å²) < 4.78 is 6.57. The van der Waals surface area contributed by atoms with Crippen LogP contribution in [0.25, 0.3) is 0 Å². The van der Waals surface area contributed by atoms with Crippen LogP contribution in [0.3, 0.4) is 0 Å². The molecular weight excluding hydrogens is 416 g/mol. The third-order valence-electron chi connectivity index (χ3n) is 3.83. The van der Waals surface area contributed by atoms with E-state index < -0.39 is 0 Å². The number of carbonyl (C=O) groups is 1. The van der Waals surface area contributed by atoms with Crippen LogP contribution in [-0.4, -0.2) is 30.1 Å². The summed E-state index contributed by atoms with van der Waals surface area (Å²) in [5.74, 6) is 0.647. The molecule has 2 rings (SSSR count). The molecule has 6 heteroatoms. The van der Waals surface area contributed by atoms with Gasteiger partial charge in [-0.1, -0.05) is 57.9 Å². The van der Waals surface area contributed by atoms with Crippen LogP contribution in [0.4, 0.5) is 4.79 Å². The fourth-order valence-corrected chi connectivity index (χ4v) is 3.14. The van der Waals surface area contributed by atoms with Crippen molar-refractivity contribution in [3.8, 4) is 5.75 Å². The predicted molar refractivity (Wildman–Crippen MR) is 110 cm³/mol. The van der Waals surface area contributed by atoms with Crippen LogP contribution in [0.5, 0.6) is 5.75 Å². The second-order valence-corrected chi connectivity index (χ2v) is 7.54. The Balaban J connectivity index is 1.75. The second-order valence-electron chi connectivity index (χ2n) is 6.22. The summed E-state index contributed by atoms with van der Waals surface area (Å²) in [5, 5.41) is 3.53. The molecule has 1 N–H and O–H groups in total. The number of ether oxygens (including phenoxy) is 1. The van der Waals surface area contributed by atoms with Crippen molar-refractivity contribution in [1.82, 2.24) is 10.2 Å². The van der Waals surface area contributed by atoms with Crippen molar-refractivity contribution in [2.75, 3.05) is 13.2 Å². The van der Waals surface area contributed by atoms with Crippen LogP contribution in [0.1, 0.15) is 25.8 Å². The molecule has 2 amide bonds. The highest BCUT2D eigenvalue weighted by atomic mass is 79.9. The maximum Gasteiger partial charge on any atom is 0.317 e. The van der Waals surface area contributed by atoms with Gasteiger partial charge in [-0.2, -0.15) is 0 Å². The fourth-order valence-electron chi connectivity index (χ4n) is 2.41. The van der Waals surface area contributed by atoms with E-state index in [9.17, 15) is 4.79 Å². The van der Waals surface area contributed by atoms with Gasteiger partial charge in [-0.15, -0.1) is 0 Å². The molecule has 26 heavy (non-hydrogen) atoms. The third kappa shape index (κ3) is 6.54. The monoisotopic (exact) mass is 438 g/mol. The maximum atomic E-state index is 12.5. The SMILES string of the molecule is CC(C)N(Cc1ccccc1)C(=O)NCCCOc1ccc(Br)cc1Cl. The van der Waals surface area contributed by atoms with Gasteiger partial charge in [0.1, 0.15) is 5.75 Å². The molecule has 2 aromatic carbocycles. The van der Waals surface area contributed by atoms with Crippen molar-refractivity contribution < 1.29 is 9.53 Å². The highest BCUT2D eigenvalue weighted by molar-refractivity contribution is 9.10. The molecule has 0 aromatic heterocycles. The standard InChI is InChI=1S/C20H24BrClN2O2/c1-15(2)24(14-16-7-4-3-5-8-16)20(25)23-11-6-12-26-19-10-9-17(21)13-18(19)22/h3-5,7-10,13,15H,6,11-12,14H2,1-2H3,(H,23,25). The number of nitrogens with zero attached hydrogens (tertiary/aromatic N) is 1. The summed E-state index contributed by atoms with van der Waals surface area (Å²) in [7, 11) is 0. The van der Waals surface area contributed by atoms with E-state index in [4.69, 9.17) is 16.3 Å². The van der Waals surface area contributed by atoms with Crippen molar-refractivity contribution >= 4 is 33.6 Å². The van der Waals surface area contributed by atoms with Crippen LogP contribution in [0.15, 0.2) is 53.0 Å². The lowest BCUT2D eigenvalue weighted by atomic mass is 10.2. The molecule has 0 aliphatic rings. The molecular formula is C20H24BrClN2O2. The van der Waals surface area contributed by atoms with E-state index in [0.717, 1.165) is 10.0 Å². The van der Waals surface area contributed by atoms with E-state index in [1.807, 2.05) is 61.2 Å². The van der Waals surface area contributed by atoms with Crippen LogP contribution in [-0.2, 0) is 6.54 Å². The van der Waals surface area contributed by atoms with Gasteiger partial charge in [0.25, 0.3) is 0 Å². The highest BCUT2D eigenvalue weighted by Crippen LogP contribution is 2.27. The van der Waals surface area contributed by atoms with Gasteiger partial charge in [0.15, 0.2) is 0 Å². The van der Waals surface area contributed by atoms with Gasteiger partial charge in [0.05, 0.1) is 11.6 Å². The Morgan fingerprint density at radius 2 is 1.96 bits per heavy atom. The molecule has 0 spiro atoms. The number of benzene rings is 2. The molecule has 2 aromatic rings. The molecule has 0 unspecified atom stereocenters. The van der Waals surface area contributed by atoms with Crippen LogP contribution in [0, 0.1) is 0 Å². The van der Waals surface area contributed by atoms with E-state index in [2.05, 4.69) is 21.2 Å². The van der Waals surface area contributed by atoms with Crippen molar-refractivity contribution in [2.45, 2.75) is 32.9 Å². The average molecular weight is 440 g/mol. The van der Waals surface area contributed by atoms with Crippen LogP contribution in [0.2, 0.25) is 5.02 Å². The maximum absolute atomic E-state index is 12.5. The smallest absolute Gasteiger partial charge is 0.317 e. The van der Waals surface area contributed by atoms with Crippen molar-refractivity contribution in [3.05, 3.63) is 63.6 Å². The number of urea groups is 1. The fraction of sp³-hybridized carbons (Fsp3) is 0.350. The Kier molecular flexibility index (Phi) is 8.26. The first-order chi connectivity index (χ1) is 12.5. The molecule has 0 radical (unpaired) electrons. The zero-order valence-corrected chi connectivity index (χ0v) is 17.4. The lowest BCUT2D eigenvalue weighted by Crippen LogP contribution is -2.43. The number of halogens is 2. The summed E-state index contributed by atoms with van der Waals surface area (Å²) in [4.78, 5) is 14.3. The van der Waals surface area contributed by atoms with Crippen LogP contribution >= 0.6 is 27.5 Å². The zero-order valence-electron chi connectivity index (χ0n) is 15.0. The number of hydrogen-bond acceptors (Lipinski definition) is 2. The zero-order chi connectivity index (χ0) is 18.9. The normalized spacial score (nSPS) is 10.7. The minimum absolute atomic E-state index is 0.0643. The molecule has 4 nitrogen and oxygen atoms in total. The number of hydrogen-bond donors (Lipinski definition) is 1. The summed E-state index contributed by atoms with van der Waals surface area (Å²) in [6.45, 7) is 5.66. The van der Waals surface area contributed by atoms with Gasteiger partial charge >= 0.3 is 6.03 Å². The first kappa shape index (κ1) is 20.6. The van der Waals surface area contributed by atoms with Gasteiger partial charge in [-0.05, 0) is 44.0 Å². The van der Waals surface area contributed by atoms with E-state index in [1.54, 1.807) is 6.07 Å². The Morgan fingerprint density at radius 3 is 2.62 bits per heavy atom. The van der Waals surface area contributed by atoms with Gasteiger partial charge < -0.3 is 15.0 Å². The third-order valence-corrected chi connectivity index (χ3v) is 4.62. The van der Waals surface area contributed by atoms with E-state index >= 15 is 0 Å². The molecule has 0 fully saturated rings. The molecule has 0 saturated heterocycles. The number of amides is 2. The Labute approximate surface area is 168 Å². The lowest BCUT2D eigenvalue weighted by molar-refractivity contribution is 0.179. The van der Waals surface area contributed by atoms with Gasteiger partial charge in [0.2, 0.25) is 0 Å². The molecule has 0 saturated carbocycles. The molecule has 0 atom stereocenters. The number of rotatable bonds is 8. The van der Waals surface area contributed by atoms with E-state index in [1.165, 1.54) is 0 Å². The van der Waals surface area contributed by atoms with Crippen molar-refractivity contribution in [1.29, 1.82) is 0 Å². The first-order valence-corrected chi connectivity index (χ1v) is 9.80. The van der Waals surface area contributed by atoms with E-state index in [-0.39, 0.29) is 12.1 Å². The van der Waals surface area contributed by atoms with E-state index in [0.29, 0.717) is 36.9 Å². The van der Waals surface area contributed by atoms with Crippen LogP contribution < -0.4 is 10.1 Å². The molecule has 140 valence electrons. The quantitative estimate of drug-likeness (QED) is 0.552. The predicted octanol–water partition coefficient (Wildman–Crippen LogP) is 5.49. The molecule has 0 heterocycles. The molecule has 0 aliphatic heterocycles. The summed E-state index contributed by atoms with van der Waals surface area (Å²) >= 11 is 9.48. The second kappa shape index (κ2) is 10.4. The summed E-state index contributed by atoms with van der Waals surface area (Å²) in [5.41, 5.74) is 1.12. The summed E-state index contributed by atoms with van der Waals surface area (Å²) in [6.07, 6.45) is 0.704. The summed E-state index contributed by atoms with van der Waals surface area (Å²) in [6, 6.07) is 15.5. The number of nitrogens with one attached hydrogen (secondary N) is 1. The molecule has 0 aliphatic carbocycles. The average Bonchev–Trinajstić information content (AvgIpc) is 2.61. The van der Waals surface area contributed by atoms with Crippen molar-refractivity contribution in [2.24, 2.45) is 0 Å². The van der Waals surface area contributed by atoms with Gasteiger partial charge in [-0.3, -0.25) is 0 Å². The first-order valence-electron chi connectivity index (χ1n) is 8.63. The van der Waals surface area contributed by atoms with Crippen molar-refractivity contribution in [3.63, 3.8) is 0 Å². The van der Waals surface area contributed by atoms with Gasteiger partial charge in [0, 0.05) is 23.6 Å². The minimum Gasteiger partial charge on any atom is -0.492 e. The topological polar surface area (TPSA) is 41.6 Å². The van der Waals surface area contributed by atoms with Gasteiger partial charge in [-0.25, -0.2) is 4.79 Å². The largest absolute Gasteiger partial charge is 0.492 e. The Hall–Kier alpha value is -1.72. The minimum atomic E-state index is -0.0643. The lowest BCUT2D eigenvalue weighted by Gasteiger charge is -2.27. The molecule has 0 bridgehead atoms.